The zero-order valence-corrected chi connectivity index (χ0v) is 12.9. The third-order valence-corrected chi connectivity index (χ3v) is 4.12. The Hall–Kier alpha value is -1.62. The molecule has 0 aliphatic carbocycles. The number of alkyl halides is 3. The summed E-state index contributed by atoms with van der Waals surface area (Å²) < 4.78 is 37.3. The lowest BCUT2D eigenvalue weighted by atomic mass is 10.1. The normalized spacial score (nSPS) is 21.8. The fraction of sp³-hybridized carbons (Fsp3) is 0.562. The van der Waals surface area contributed by atoms with Gasteiger partial charge in [0.1, 0.15) is 0 Å². The number of aliphatic hydroxyl groups excluding tert-OH is 1. The standard InChI is InChI=1S/C16H20F3N3O/c1-12-9-21(10-14-4-2-13(8-20)3-5-14)6-7-22(12)11-15(23)16(17,18)19/h2-5,12,15,23H,6-7,9-11H2,1H3/t12-,15-/m1/s1. The van der Waals surface area contributed by atoms with Crippen molar-refractivity contribution in [1.29, 1.82) is 5.26 Å². The second-order valence-corrected chi connectivity index (χ2v) is 5.95. The van der Waals surface area contributed by atoms with Gasteiger partial charge in [0, 0.05) is 38.8 Å². The molecule has 0 aromatic heterocycles. The summed E-state index contributed by atoms with van der Waals surface area (Å²) >= 11 is 0. The summed E-state index contributed by atoms with van der Waals surface area (Å²) in [7, 11) is 0. The first kappa shape index (κ1) is 17.7. The van der Waals surface area contributed by atoms with Gasteiger partial charge in [-0.05, 0) is 24.6 Å². The Bertz CT molecular complexity index is 553. The molecule has 0 unspecified atom stereocenters. The third-order valence-electron chi connectivity index (χ3n) is 4.12. The number of hydrogen-bond donors (Lipinski definition) is 1. The van der Waals surface area contributed by atoms with Crippen LogP contribution in [0.1, 0.15) is 18.1 Å². The van der Waals surface area contributed by atoms with E-state index in [-0.39, 0.29) is 12.6 Å². The summed E-state index contributed by atoms with van der Waals surface area (Å²) in [6.45, 7) is 3.97. The zero-order valence-electron chi connectivity index (χ0n) is 12.9. The molecule has 0 amide bonds. The molecule has 1 saturated heterocycles. The molecule has 0 spiro atoms. The SMILES string of the molecule is C[C@@H]1CN(Cc2ccc(C#N)cc2)CCN1C[C@@H](O)C(F)(F)F. The van der Waals surface area contributed by atoms with Crippen LogP contribution in [-0.4, -0.2) is 59.4 Å². The van der Waals surface area contributed by atoms with Gasteiger partial charge in [-0.15, -0.1) is 0 Å². The first-order valence-electron chi connectivity index (χ1n) is 7.50. The summed E-state index contributed by atoms with van der Waals surface area (Å²) in [5.41, 5.74) is 1.67. The number of nitriles is 1. The van der Waals surface area contributed by atoms with Gasteiger partial charge in [0.25, 0.3) is 0 Å². The predicted molar refractivity (Wildman–Crippen MR) is 79.5 cm³/mol. The van der Waals surface area contributed by atoms with E-state index in [0.29, 0.717) is 31.7 Å². The molecule has 1 N–H and O–H groups in total. The van der Waals surface area contributed by atoms with Gasteiger partial charge in [-0.2, -0.15) is 18.4 Å². The van der Waals surface area contributed by atoms with Gasteiger partial charge in [0.05, 0.1) is 11.6 Å². The van der Waals surface area contributed by atoms with Gasteiger partial charge >= 0.3 is 6.18 Å². The number of β-amino-alcohol motifs (C(OH)–C–C–N with tert-alkyl or cyclic N) is 1. The molecule has 1 aliphatic heterocycles. The maximum Gasteiger partial charge on any atom is 0.415 e. The Morgan fingerprint density at radius 1 is 1.30 bits per heavy atom. The summed E-state index contributed by atoms with van der Waals surface area (Å²) in [5, 5.41) is 18.0. The lowest BCUT2D eigenvalue weighted by molar-refractivity contribution is -0.210. The van der Waals surface area contributed by atoms with Crippen LogP contribution in [0.5, 0.6) is 0 Å². The van der Waals surface area contributed by atoms with Crippen molar-refractivity contribution in [2.75, 3.05) is 26.2 Å². The summed E-state index contributed by atoms with van der Waals surface area (Å²) in [6, 6.07) is 9.31. The van der Waals surface area contributed by atoms with Crippen molar-refractivity contribution in [3.63, 3.8) is 0 Å². The first-order chi connectivity index (χ1) is 10.8. The fourth-order valence-corrected chi connectivity index (χ4v) is 2.75. The number of halogens is 3. The van der Waals surface area contributed by atoms with Gasteiger partial charge in [0.2, 0.25) is 0 Å². The highest BCUT2D eigenvalue weighted by Gasteiger charge is 2.40. The minimum absolute atomic E-state index is 0.0564. The number of aliphatic hydroxyl groups is 1. The van der Waals surface area contributed by atoms with Crippen molar-refractivity contribution < 1.29 is 18.3 Å². The average Bonchev–Trinajstić information content (AvgIpc) is 2.49. The molecule has 4 nitrogen and oxygen atoms in total. The fourth-order valence-electron chi connectivity index (χ4n) is 2.75. The van der Waals surface area contributed by atoms with Crippen LogP contribution in [-0.2, 0) is 6.54 Å². The van der Waals surface area contributed by atoms with Gasteiger partial charge in [-0.1, -0.05) is 12.1 Å². The maximum atomic E-state index is 12.4. The predicted octanol–water partition coefficient (Wildman–Crippen LogP) is 1.99. The molecule has 23 heavy (non-hydrogen) atoms. The van der Waals surface area contributed by atoms with Crippen LogP contribution in [0, 0.1) is 11.3 Å². The molecule has 1 aromatic rings. The number of benzene rings is 1. The van der Waals surface area contributed by atoms with Crippen LogP contribution in [0.15, 0.2) is 24.3 Å². The minimum Gasteiger partial charge on any atom is -0.382 e. The topological polar surface area (TPSA) is 50.5 Å². The van der Waals surface area contributed by atoms with Crippen molar-refractivity contribution in [3.8, 4) is 6.07 Å². The zero-order chi connectivity index (χ0) is 17.0. The molecular weight excluding hydrogens is 307 g/mol. The summed E-state index contributed by atoms with van der Waals surface area (Å²) in [4.78, 5) is 3.84. The van der Waals surface area contributed by atoms with Crippen LogP contribution >= 0.6 is 0 Å². The molecule has 1 aromatic carbocycles. The van der Waals surface area contributed by atoms with Crippen molar-refractivity contribution in [3.05, 3.63) is 35.4 Å². The van der Waals surface area contributed by atoms with Crippen LogP contribution in [0.2, 0.25) is 0 Å². The molecular formula is C16H20F3N3O. The average molecular weight is 327 g/mol. The molecule has 0 bridgehead atoms. The van der Waals surface area contributed by atoms with Crippen molar-refractivity contribution in [1.82, 2.24) is 9.80 Å². The van der Waals surface area contributed by atoms with E-state index < -0.39 is 12.3 Å². The molecule has 1 fully saturated rings. The van der Waals surface area contributed by atoms with Crippen molar-refractivity contribution >= 4 is 0 Å². The molecule has 2 atom stereocenters. The van der Waals surface area contributed by atoms with E-state index in [4.69, 9.17) is 5.26 Å². The van der Waals surface area contributed by atoms with Crippen molar-refractivity contribution in [2.24, 2.45) is 0 Å². The highest BCUT2D eigenvalue weighted by molar-refractivity contribution is 5.31. The second-order valence-electron chi connectivity index (χ2n) is 5.95. The van der Waals surface area contributed by atoms with E-state index >= 15 is 0 Å². The number of piperazine rings is 1. The number of hydrogen-bond acceptors (Lipinski definition) is 4. The van der Waals surface area contributed by atoms with E-state index in [9.17, 15) is 18.3 Å². The first-order valence-corrected chi connectivity index (χ1v) is 7.50. The molecule has 1 heterocycles. The van der Waals surface area contributed by atoms with E-state index in [1.54, 1.807) is 17.0 Å². The highest BCUT2D eigenvalue weighted by Crippen LogP contribution is 2.22. The molecule has 7 heteroatoms. The lowest BCUT2D eigenvalue weighted by Crippen LogP contribution is -2.54. The van der Waals surface area contributed by atoms with Crippen LogP contribution in [0.25, 0.3) is 0 Å². The van der Waals surface area contributed by atoms with Crippen LogP contribution in [0.4, 0.5) is 13.2 Å². The third kappa shape index (κ3) is 4.93. The second kappa shape index (κ2) is 7.30. The number of rotatable bonds is 4. The summed E-state index contributed by atoms with van der Waals surface area (Å²) in [6.07, 6.45) is -6.87. The quantitative estimate of drug-likeness (QED) is 0.919. The molecule has 2 rings (SSSR count). The Labute approximate surface area is 133 Å². The van der Waals surface area contributed by atoms with E-state index in [1.807, 2.05) is 19.1 Å². The van der Waals surface area contributed by atoms with Gasteiger partial charge in [-0.25, -0.2) is 0 Å². The minimum atomic E-state index is -4.57. The lowest BCUT2D eigenvalue weighted by Gasteiger charge is -2.40. The number of nitrogens with zero attached hydrogens (tertiary/aromatic N) is 3. The monoisotopic (exact) mass is 327 g/mol. The molecule has 1 aliphatic rings. The Morgan fingerprint density at radius 2 is 1.96 bits per heavy atom. The smallest absolute Gasteiger partial charge is 0.382 e. The Kier molecular flexibility index (Phi) is 5.63. The van der Waals surface area contributed by atoms with E-state index in [2.05, 4.69) is 11.0 Å². The molecule has 0 saturated carbocycles. The van der Waals surface area contributed by atoms with E-state index in [0.717, 1.165) is 5.56 Å². The van der Waals surface area contributed by atoms with Crippen LogP contribution in [0.3, 0.4) is 0 Å². The Balaban J connectivity index is 1.87. The van der Waals surface area contributed by atoms with Gasteiger partial charge < -0.3 is 5.11 Å². The van der Waals surface area contributed by atoms with Crippen LogP contribution < -0.4 is 0 Å². The van der Waals surface area contributed by atoms with E-state index in [1.165, 1.54) is 0 Å². The Morgan fingerprint density at radius 3 is 2.48 bits per heavy atom. The highest BCUT2D eigenvalue weighted by atomic mass is 19.4. The maximum absolute atomic E-state index is 12.4. The molecule has 126 valence electrons. The molecule has 0 radical (unpaired) electrons. The summed E-state index contributed by atoms with van der Waals surface area (Å²) in [5.74, 6) is 0. The van der Waals surface area contributed by atoms with Gasteiger partial charge in [-0.3, -0.25) is 9.80 Å². The largest absolute Gasteiger partial charge is 0.415 e. The van der Waals surface area contributed by atoms with Crippen molar-refractivity contribution in [2.45, 2.75) is 31.8 Å². The van der Waals surface area contributed by atoms with Gasteiger partial charge in [0.15, 0.2) is 6.10 Å².